The Morgan fingerprint density at radius 2 is 1.97 bits per heavy atom. The quantitative estimate of drug-likeness (QED) is 0.619. The maximum absolute atomic E-state index is 13.5. The minimum atomic E-state index is -0.417. The summed E-state index contributed by atoms with van der Waals surface area (Å²) in [5.41, 5.74) is 1.66. The topological polar surface area (TPSA) is 82.6 Å². The minimum Gasteiger partial charge on any atom is -0.370 e. The number of thiazole rings is 1. The standard InChI is InChI=1S/C26H32N4O3S/c1-17(24-27-12-14-34-24)30-25(32)20-10-5-11-21(22(20)26(30)33)29-13-6-9-19(16-29)23(31)28-15-18-7-3-2-4-8-18/h5,10-12,14,17-19H,2-4,6-9,13,15-16H2,1H3,(H,28,31)/t17-,19+/m0/s1. The van der Waals surface area contributed by atoms with Gasteiger partial charge in [-0.25, -0.2) is 4.98 Å². The van der Waals surface area contributed by atoms with Crippen LogP contribution in [-0.2, 0) is 4.79 Å². The van der Waals surface area contributed by atoms with Gasteiger partial charge < -0.3 is 10.2 Å². The summed E-state index contributed by atoms with van der Waals surface area (Å²) in [6.07, 6.45) is 9.68. The Bertz CT molecular complexity index is 1060. The van der Waals surface area contributed by atoms with Gasteiger partial charge in [0, 0.05) is 31.2 Å². The highest BCUT2D eigenvalue weighted by molar-refractivity contribution is 7.09. The van der Waals surface area contributed by atoms with Crippen LogP contribution in [0.3, 0.4) is 0 Å². The molecule has 180 valence electrons. The first-order valence-corrected chi connectivity index (χ1v) is 13.4. The van der Waals surface area contributed by atoms with Crippen molar-refractivity contribution in [3.63, 3.8) is 0 Å². The summed E-state index contributed by atoms with van der Waals surface area (Å²) >= 11 is 1.44. The van der Waals surface area contributed by atoms with E-state index in [1.807, 2.05) is 24.4 Å². The molecule has 0 unspecified atom stereocenters. The third kappa shape index (κ3) is 4.35. The van der Waals surface area contributed by atoms with Crippen molar-refractivity contribution in [2.75, 3.05) is 24.5 Å². The van der Waals surface area contributed by atoms with E-state index in [9.17, 15) is 14.4 Å². The van der Waals surface area contributed by atoms with Crippen LogP contribution in [0.5, 0.6) is 0 Å². The van der Waals surface area contributed by atoms with Crippen molar-refractivity contribution in [3.05, 3.63) is 45.9 Å². The molecule has 0 radical (unpaired) electrons. The molecule has 3 aliphatic rings. The van der Waals surface area contributed by atoms with Crippen LogP contribution >= 0.6 is 11.3 Å². The largest absolute Gasteiger partial charge is 0.370 e. The Labute approximate surface area is 204 Å². The summed E-state index contributed by atoms with van der Waals surface area (Å²) in [7, 11) is 0. The van der Waals surface area contributed by atoms with Crippen LogP contribution in [0, 0.1) is 11.8 Å². The Hall–Kier alpha value is -2.74. The number of fused-ring (bicyclic) bond motifs is 1. The average Bonchev–Trinajstić information content (AvgIpc) is 3.50. The van der Waals surface area contributed by atoms with Gasteiger partial charge in [0.05, 0.1) is 28.8 Å². The molecule has 1 saturated heterocycles. The SMILES string of the molecule is C[C@@H](c1nccs1)N1C(=O)c2cccc(N3CCC[C@@H](C(=O)NCC4CCCCC4)C3)c2C1=O. The zero-order valence-electron chi connectivity index (χ0n) is 19.7. The highest BCUT2D eigenvalue weighted by Crippen LogP contribution is 2.38. The van der Waals surface area contributed by atoms with E-state index in [0.717, 1.165) is 36.6 Å². The Morgan fingerprint density at radius 3 is 2.74 bits per heavy atom. The molecule has 2 aliphatic heterocycles. The molecule has 34 heavy (non-hydrogen) atoms. The van der Waals surface area contributed by atoms with Gasteiger partial charge in [-0.15, -0.1) is 11.3 Å². The van der Waals surface area contributed by atoms with E-state index >= 15 is 0 Å². The molecule has 2 fully saturated rings. The van der Waals surface area contributed by atoms with Crippen LogP contribution in [0.25, 0.3) is 0 Å². The molecular formula is C26H32N4O3S. The van der Waals surface area contributed by atoms with Crippen LogP contribution in [0.15, 0.2) is 29.8 Å². The lowest BCUT2D eigenvalue weighted by molar-refractivity contribution is -0.125. The van der Waals surface area contributed by atoms with E-state index in [4.69, 9.17) is 0 Å². The molecule has 2 atom stereocenters. The molecule has 8 heteroatoms. The van der Waals surface area contributed by atoms with Gasteiger partial charge in [0.1, 0.15) is 5.01 Å². The second kappa shape index (κ2) is 9.86. The van der Waals surface area contributed by atoms with Gasteiger partial charge in [-0.1, -0.05) is 25.3 Å². The first-order valence-electron chi connectivity index (χ1n) is 12.5. The number of nitrogens with one attached hydrogen (secondary N) is 1. The molecule has 1 N–H and O–H groups in total. The molecule has 3 heterocycles. The Balaban J connectivity index is 1.31. The highest BCUT2D eigenvalue weighted by Gasteiger charge is 2.42. The minimum absolute atomic E-state index is 0.106. The molecule has 5 rings (SSSR count). The molecule has 1 aliphatic carbocycles. The third-order valence-corrected chi connectivity index (χ3v) is 8.49. The van der Waals surface area contributed by atoms with Crippen molar-refractivity contribution < 1.29 is 14.4 Å². The second-order valence-electron chi connectivity index (χ2n) is 9.76. The molecule has 1 aromatic heterocycles. The number of hydrogen-bond acceptors (Lipinski definition) is 6. The van der Waals surface area contributed by atoms with Gasteiger partial charge in [0.15, 0.2) is 0 Å². The summed E-state index contributed by atoms with van der Waals surface area (Å²) in [6.45, 7) is 3.95. The molecule has 2 aromatic rings. The maximum atomic E-state index is 13.5. The van der Waals surface area contributed by atoms with Gasteiger partial charge in [-0.2, -0.15) is 0 Å². The molecule has 3 amide bonds. The van der Waals surface area contributed by atoms with Gasteiger partial charge in [-0.3, -0.25) is 19.3 Å². The molecule has 0 bridgehead atoms. The predicted octanol–water partition coefficient (Wildman–Crippen LogP) is 4.41. The number of amides is 3. The smallest absolute Gasteiger partial charge is 0.264 e. The summed E-state index contributed by atoms with van der Waals surface area (Å²) in [4.78, 5) is 47.4. The van der Waals surface area contributed by atoms with Gasteiger partial charge in [0.2, 0.25) is 5.91 Å². The van der Waals surface area contributed by atoms with Crippen LogP contribution in [0.4, 0.5) is 5.69 Å². The van der Waals surface area contributed by atoms with E-state index in [1.54, 1.807) is 12.3 Å². The number of benzene rings is 1. The van der Waals surface area contributed by atoms with Gasteiger partial charge >= 0.3 is 0 Å². The molecular weight excluding hydrogens is 448 g/mol. The van der Waals surface area contributed by atoms with Crippen molar-refractivity contribution in [2.24, 2.45) is 11.8 Å². The molecule has 0 spiro atoms. The first-order chi connectivity index (χ1) is 16.5. The number of anilines is 1. The fourth-order valence-electron chi connectivity index (χ4n) is 5.64. The van der Waals surface area contributed by atoms with Crippen LogP contribution in [-0.4, -0.2) is 47.2 Å². The van der Waals surface area contributed by atoms with Gasteiger partial charge in [-0.05, 0) is 50.7 Å². The number of piperidine rings is 1. The van der Waals surface area contributed by atoms with Gasteiger partial charge in [0.25, 0.3) is 11.8 Å². The monoisotopic (exact) mass is 480 g/mol. The number of aromatic nitrogens is 1. The summed E-state index contributed by atoms with van der Waals surface area (Å²) in [5, 5.41) is 5.79. The van der Waals surface area contributed by atoms with E-state index in [2.05, 4.69) is 15.2 Å². The third-order valence-electron chi connectivity index (χ3n) is 7.54. The number of carbonyl (C=O) groups is 3. The normalized spacial score (nSPS) is 22.1. The Morgan fingerprint density at radius 1 is 1.15 bits per heavy atom. The first kappa shape index (κ1) is 23.0. The van der Waals surface area contributed by atoms with Crippen LogP contribution in [0.1, 0.15) is 83.6 Å². The second-order valence-corrected chi connectivity index (χ2v) is 10.7. The van der Waals surface area contributed by atoms with E-state index < -0.39 is 6.04 Å². The zero-order valence-corrected chi connectivity index (χ0v) is 20.5. The van der Waals surface area contributed by atoms with Crippen molar-refractivity contribution >= 4 is 34.7 Å². The average molecular weight is 481 g/mol. The lowest BCUT2D eigenvalue weighted by Crippen LogP contribution is -2.44. The van der Waals surface area contributed by atoms with Crippen LogP contribution < -0.4 is 10.2 Å². The lowest BCUT2D eigenvalue weighted by atomic mass is 9.89. The number of nitrogens with zero attached hydrogens (tertiary/aromatic N) is 3. The summed E-state index contributed by atoms with van der Waals surface area (Å²) in [6, 6.07) is 5.05. The fourth-order valence-corrected chi connectivity index (χ4v) is 6.33. The van der Waals surface area contributed by atoms with Crippen molar-refractivity contribution in [1.29, 1.82) is 0 Å². The summed E-state index contributed by atoms with van der Waals surface area (Å²) in [5.74, 6) is 0.0600. The number of hydrogen-bond donors (Lipinski definition) is 1. The highest BCUT2D eigenvalue weighted by atomic mass is 32.1. The predicted molar refractivity (Wildman–Crippen MR) is 132 cm³/mol. The van der Waals surface area contributed by atoms with E-state index in [0.29, 0.717) is 23.6 Å². The fraction of sp³-hybridized carbons (Fsp3) is 0.538. The molecule has 7 nitrogen and oxygen atoms in total. The molecule has 1 saturated carbocycles. The number of carbonyl (C=O) groups excluding carboxylic acids is 3. The number of imide groups is 1. The maximum Gasteiger partial charge on any atom is 0.264 e. The van der Waals surface area contributed by atoms with Crippen molar-refractivity contribution in [1.82, 2.24) is 15.2 Å². The van der Waals surface area contributed by atoms with Crippen molar-refractivity contribution in [3.8, 4) is 0 Å². The van der Waals surface area contributed by atoms with Crippen molar-refractivity contribution in [2.45, 2.75) is 57.9 Å². The van der Waals surface area contributed by atoms with E-state index in [-0.39, 0.29) is 23.6 Å². The zero-order chi connectivity index (χ0) is 23.7. The Kier molecular flexibility index (Phi) is 6.68. The number of rotatable bonds is 6. The van der Waals surface area contributed by atoms with Crippen LogP contribution in [0.2, 0.25) is 0 Å². The summed E-state index contributed by atoms with van der Waals surface area (Å²) < 4.78 is 0. The molecule has 1 aromatic carbocycles. The van der Waals surface area contributed by atoms with E-state index in [1.165, 1.54) is 48.3 Å². The lowest BCUT2D eigenvalue weighted by Gasteiger charge is -2.35.